The largest absolute Gasteiger partial charge is 0.481 e. The van der Waals surface area contributed by atoms with Crippen molar-refractivity contribution in [1.82, 2.24) is 4.98 Å². The SMILES string of the molecule is COc1cc(C)c(N2CC(CN)CC2=O)cn1. The molecule has 5 nitrogen and oxygen atoms in total. The zero-order chi connectivity index (χ0) is 12.4. The number of anilines is 1. The third-order valence-electron chi connectivity index (χ3n) is 3.10. The van der Waals surface area contributed by atoms with Crippen molar-refractivity contribution in [3.8, 4) is 5.88 Å². The van der Waals surface area contributed by atoms with E-state index in [0.29, 0.717) is 25.4 Å². The number of aryl methyl sites for hydroxylation is 1. The van der Waals surface area contributed by atoms with Gasteiger partial charge in [-0.1, -0.05) is 0 Å². The summed E-state index contributed by atoms with van der Waals surface area (Å²) in [4.78, 5) is 17.8. The number of nitrogens with zero attached hydrogens (tertiary/aromatic N) is 2. The highest BCUT2D eigenvalue weighted by Crippen LogP contribution is 2.28. The molecule has 1 unspecified atom stereocenters. The molecule has 17 heavy (non-hydrogen) atoms. The fraction of sp³-hybridized carbons (Fsp3) is 0.500. The summed E-state index contributed by atoms with van der Waals surface area (Å²) in [5.41, 5.74) is 7.45. The van der Waals surface area contributed by atoms with Crippen LogP contribution in [0.3, 0.4) is 0 Å². The number of methoxy groups -OCH3 is 1. The molecule has 1 atom stereocenters. The van der Waals surface area contributed by atoms with E-state index < -0.39 is 0 Å². The molecule has 0 aliphatic carbocycles. The Bertz CT molecular complexity index is 434. The zero-order valence-electron chi connectivity index (χ0n) is 10.1. The number of nitrogens with two attached hydrogens (primary N) is 1. The number of carbonyl (C=O) groups is 1. The van der Waals surface area contributed by atoms with Crippen molar-refractivity contribution in [1.29, 1.82) is 0 Å². The number of carbonyl (C=O) groups excluding carboxylic acids is 1. The van der Waals surface area contributed by atoms with Gasteiger partial charge in [0.05, 0.1) is 19.0 Å². The van der Waals surface area contributed by atoms with Gasteiger partial charge >= 0.3 is 0 Å². The van der Waals surface area contributed by atoms with Crippen LogP contribution in [0.15, 0.2) is 12.3 Å². The molecule has 1 amide bonds. The van der Waals surface area contributed by atoms with E-state index in [9.17, 15) is 4.79 Å². The first kappa shape index (κ1) is 11.9. The van der Waals surface area contributed by atoms with Crippen molar-refractivity contribution in [2.45, 2.75) is 13.3 Å². The zero-order valence-corrected chi connectivity index (χ0v) is 10.1. The molecular formula is C12H17N3O2. The Balaban J connectivity index is 2.26. The summed E-state index contributed by atoms with van der Waals surface area (Å²) >= 11 is 0. The Hall–Kier alpha value is -1.62. The maximum absolute atomic E-state index is 11.9. The normalized spacial score (nSPS) is 19.8. The monoisotopic (exact) mass is 235 g/mol. The summed E-state index contributed by atoms with van der Waals surface area (Å²) in [5, 5.41) is 0. The minimum atomic E-state index is 0.121. The Kier molecular flexibility index (Phi) is 3.28. The summed E-state index contributed by atoms with van der Waals surface area (Å²) in [6.07, 6.45) is 2.22. The molecule has 5 heteroatoms. The van der Waals surface area contributed by atoms with E-state index in [-0.39, 0.29) is 11.8 Å². The third-order valence-corrected chi connectivity index (χ3v) is 3.10. The Morgan fingerprint density at radius 2 is 2.41 bits per heavy atom. The van der Waals surface area contributed by atoms with Crippen LogP contribution >= 0.6 is 0 Å². The fourth-order valence-corrected chi connectivity index (χ4v) is 2.09. The van der Waals surface area contributed by atoms with Crippen molar-refractivity contribution < 1.29 is 9.53 Å². The van der Waals surface area contributed by atoms with Gasteiger partial charge in [0.25, 0.3) is 0 Å². The Morgan fingerprint density at radius 3 is 2.94 bits per heavy atom. The number of pyridine rings is 1. The second-order valence-electron chi connectivity index (χ2n) is 4.32. The lowest BCUT2D eigenvalue weighted by atomic mass is 10.1. The lowest BCUT2D eigenvalue weighted by Gasteiger charge is -2.18. The molecule has 92 valence electrons. The molecule has 0 bridgehead atoms. The van der Waals surface area contributed by atoms with Crippen molar-refractivity contribution in [2.24, 2.45) is 11.7 Å². The summed E-state index contributed by atoms with van der Waals surface area (Å²) < 4.78 is 5.05. The van der Waals surface area contributed by atoms with E-state index in [1.807, 2.05) is 13.0 Å². The number of hydrogen-bond donors (Lipinski definition) is 1. The minimum absolute atomic E-state index is 0.121. The van der Waals surface area contributed by atoms with Gasteiger partial charge in [0.1, 0.15) is 0 Å². The predicted molar refractivity (Wildman–Crippen MR) is 65.0 cm³/mol. The first-order valence-corrected chi connectivity index (χ1v) is 5.66. The average molecular weight is 235 g/mol. The molecule has 1 aromatic rings. The molecule has 2 rings (SSSR count). The molecule has 0 saturated carbocycles. The smallest absolute Gasteiger partial charge is 0.227 e. The lowest BCUT2D eigenvalue weighted by Crippen LogP contribution is -2.26. The molecular weight excluding hydrogens is 218 g/mol. The van der Waals surface area contributed by atoms with Crippen LogP contribution in [0.4, 0.5) is 5.69 Å². The van der Waals surface area contributed by atoms with Crippen LogP contribution < -0.4 is 15.4 Å². The van der Waals surface area contributed by atoms with Crippen LogP contribution in [0.2, 0.25) is 0 Å². The van der Waals surface area contributed by atoms with Gasteiger partial charge in [-0.25, -0.2) is 4.98 Å². The fourth-order valence-electron chi connectivity index (χ4n) is 2.09. The molecule has 0 spiro atoms. The van der Waals surface area contributed by atoms with Crippen molar-refractivity contribution in [3.05, 3.63) is 17.8 Å². The molecule has 1 aliphatic heterocycles. The maximum Gasteiger partial charge on any atom is 0.227 e. The van der Waals surface area contributed by atoms with E-state index in [0.717, 1.165) is 11.3 Å². The number of aromatic nitrogens is 1. The van der Waals surface area contributed by atoms with Crippen molar-refractivity contribution >= 4 is 11.6 Å². The summed E-state index contributed by atoms with van der Waals surface area (Å²) in [7, 11) is 1.58. The topological polar surface area (TPSA) is 68.5 Å². The van der Waals surface area contributed by atoms with Gasteiger partial charge in [-0.3, -0.25) is 4.79 Å². The van der Waals surface area contributed by atoms with Gasteiger partial charge in [0, 0.05) is 19.0 Å². The highest BCUT2D eigenvalue weighted by Gasteiger charge is 2.30. The standard InChI is InChI=1S/C12H17N3O2/c1-8-3-11(17-2)14-6-10(8)15-7-9(5-13)4-12(15)16/h3,6,9H,4-5,7,13H2,1-2H3. The maximum atomic E-state index is 11.9. The van der Waals surface area contributed by atoms with E-state index in [2.05, 4.69) is 4.98 Å². The van der Waals surface area contributed by atoms with Crippen LogP contribution in [0.1, 0.15) is 12.0 Å². The molecule has 1 aliphatic rings. The number of ether oxygens (including phenoxy) is 1. The van der Waals surface area contributed by atoms with Crippen molar-refractivity contribution in [2.75, 3.05) is 25.1 Å². The first-order valence-electron chi connectivity index (χ1n) is 5.66. The minimum Gasteiger partial charge on any atom is -0.481 e. The van der Waals surface area contributed by atoms with Gasteiger partial charge < -0.3 is 15.4 Å². The predicted octanol–water partition coefficient (Wildman–Crippen LogP) is 0.710. The van der Waals surface area contributed by atoms with Crippen LogP contribution in [0, 0.1) is 12.8 Å². The van der Waals surface area contributed by atoms with E-state index in [1.165, 1.54) is 0 Å². The van der Waals surface area contributed by atoms with Gasteiger partial charge in [-0.15, -0.1) is 0 Å². The molecule has 2 heterocycles. The lowest BCUT2D eigenvalue weighted by molar-refractivity contribution is -0.117. The van der Waals surface area contributed by atoms with Gasteiger partial charge in [-0.2, -0.15) is 0 Å². The second kappa shape index (κ2) is 4.71. The number of hydrogen-bond acceptors (Lipinski definition) is 4. The van der Waals surface area contributed by atoms with Gasteiger partial charge in [0.15, 0.2) is 0 Å². The van der Waals surface area contributed by atoms with Crippen LogP contribution in [-0.4, -0.2) is 31.1 Å². The van der Waals surface area contributed by atoms with Crippen LogP contribution in [0.25, 0.3) is 0 Å². The highest BCUT2D eigenvalue weighted by molar-refractivity contribution is 5.96. The summed E-state index contributed by atoms with van der Waals surface area (Å²) in [6, 6.07) is 1.83. The average Bonchev–Trinajstić information content (AvgIpc) is 2.70. The highest BCUT2D eigenvalue weighted by atomic mass is 16.5. The number of rotatable bonds is 3. The second-order valence-corrected chi connectivity index (χ2v) is 4.32. The molecule has 0 aromatic carbocycles. The van der Waals surface area contributed by atoms with E-state index in [1.54, 1.807) is 18.2 Å². The van der Waals surface area contributed by atoms with E-state index >= 15 is 0 Å². The summed E-state index contributed by atoms with van der Waals surface area (Å²) in [6.45, 7) is 3.18. The van der Waals surface area contributed by atoms with Crippen LogP contribution in [0.5, 0.6) is 5.88 Å². The van der Waals surface area contributed by atoms with Gasteiger partial charge in [0.2, 0.25) is 11.8 Å². The molecule has 2 N–H and O–H groups in total. The summed E-state index contributed by atoms with van der Waals surface area (Å²) in [5.74, 6) is 0.938. The Labute approximate surface area is 101 Å². The van der Waals surface area contributed by atoms with Crippen molar-refractivity contribution in [3.63, 3.8) is 0 Å². The quantitative estimate of drug-likeness (QED) is 0.837. The third kappa shape index (κ3) is 2.24. The molecule has 0 radical (unpaired) electrons. The molecule has 1 fully saturated rings. The van der Waals surface area contributed by atoms with E-state index in [4.69, 9.17) is 10.5 Å². The number of amides is 1. The Morgan fingerprint density at radius 1 is 1.65 bits per heavy atom. The van der Waals surface area contributed by atoms with Gasteiger partial charge in [-0.05, 0) is 24.9 Å². The first-order chi connectivity index (χ1) is 8.15. The molecule has 1 aromatic heterocycles. The van der Waals surface area contributed by atoms with Crippen LogP contribution in [-0.2, 0) is 4.79 Å². The molecule has 1 saturated heterocycles.